The molecule has 0 radical (unpaired) electrons. The number of aliphatic carboxylic acids is 1. The first kappa shape index (κ1) is 32.3. The number of rotatable bonds is 9. The molecule has 2 aliphatic heterocycles. The third kappa shape index (κ3) is 6.49. The molecule has 2 aromatic heterocycles. The lowest BCUT2D eigenvalue weighted by Gasteiger charge is -2.27. The molecule has 6 atom stereocenters. The van der Waals surface area contributed by atoms with Crippen molar-refractivity contribution in [2.45, 2.75) is 69.4 Å². The van der Waals surface area contributed by atoms with E-state index in [0.29, 0.717) is 30.8 Å². The van der Waals surface area contributed by atoms with Crippen LogP contribution in [-0.2, 0) is 19.1 Å². The molecule has 6 N–H and O–H groups in total. The van der Waals surface area contributed by atoms with Gasteiger partial charge < -0.3 is 40.7 Å². The summed E-state index contributed by atoms with van der Waals surface area (Å²) >= 11 is 0. The Kier molecular flexibility index (Phi) is 8.85. The smallest absolute Gasteiger partial charge is 0.335 e. The second-order valence-electron chi connectivity index (χ2n) is 12.8. The molecule has 248 valence electrons. The maximum absolute atomic E-state index is 13.0. The zero-order chi connectivity index (χ0) is 33.5. The number of nitrogens with two attached hydrogens (primary N) is 1. The van der Waals surface area contributed by atoms with Crippen molar-refractivity contribution in [3.05, 3.63) is 78.1 Å². The van der Waals surface area contributed by atoms with E-state index in [-0.39, 0.29) is 17.5 Å². The van der Waals surface area contributed by atoms with Crippen LogP contribution in [0.3, 0.4) is 0 Å². The van der Waals surface area contributed by atoms with Crippen molar-refractivity contribution in [1.29, 1.82) is 0 Å². The highest BCUT2D eigenvalue weighted by molar-refractivity contribution is 5.85. The van der Waals surface area contributed by atoms with E-state index >= 15 is 0 Å². The molecule has 0 spiro atoms. The Hall–Kier alpha value is -4.63. The fourth-order valence-corrected chi connectivity index (χ4v) is 6.12. The van der Waals surface area contributed by atoms with Gasteiger partial charge in [-0.05, 0) is 38.3 Å². The quantitative estimate of drug-likeness (QED) is 0.166. The van der Waals surface area contributed by atoms with E-state index in [2.05, 4.69) is 34.6 Å². The second-order valence-corrected chi connectivity index (χ2v) is 12.8. The first-order valence-electron chi connectivity index (χ1n) is 15.5. The van der Waals surface area contributed by atoms with Crippen molar-refractivity contribution in [2.75, 3.05) is 23.3 Å². The molecule has 1 unspecified atom stereocenters. The number of carbonyl (C=O) groups excluding carboxylic acids is 1. The van der Waals surface area contributed by atoms with Gasteiger partial charge in [-0.15, -0.1) is 0 Å². The highest BCUT2D eigenvalue weighted by Crippen LogP contribution is 2.35. The Morgan fingerprint density at radius 2 is 1.68 bits per heavy atom. The van der Waals surface area contributed by atoms with Crippen molar-refractivity contribution >= 4 is 34.9 Å². The lowest BCUT2D eigenvalue weighted by atomic mass is 9.91. The summed E-state index contributed by atoms with van der Waals surface area (Å²) in [4.78, 5) is 40.5. The van der Waals surface area contributed by atoms with E-state index < -0.39 is 54.2 Å². The van der Waals surface area contributed by atoms with Gasteiger partial charge in [0, 0.05) is 19.0 Å². The number of aliphatic hydroxyl groups is 2. The summed E-state index contributed by atoms with van der Waals surface area (Å²) in [5, 5.41) is 34.2. The lowest BCUT2D eigenvalue weighted by molar-refractivity contribution is -0.160. The number of ether oxygens (including phenoxy) is 2. The second kappa shape index (κ2) is 12.9. The first-order valence-corrected chi connectivity index (χ1v) is 15.5. The highest BCUT2D eigenvalue weighted by Gasteiger charge is 2.48. The number of hydrogen-bond acceptors (Lipinski definition) is 12. The van der Waals surface area contributed by atoms with E-state index in [4.69, 9.17) is 25.2 Å². The van der Waals surface area contributed by atoms with Crippen molar-refractivity contribution in [2.24, 2.45) is 11.7 Å². The van der Waals surface area contributed by atoms with Crippen LogP contribution in [0.15, 0.2) is 67.0 Å². The van der Waals surface area contributed by atoms with Gasteiger partial charge in [-0.2, -0.15) is 9.97 Å². The minimum Gasteiger partial charge on any atom is -0.479 e. The maximum Gasteiger partial charge on any atom is 0.335 e. The number of benzene rings is 2. The number of imidazole rings is 1. The fourth-order valence-electron chi connectivity index (χ4n) is 6.12. The number of aromatic nitrogens is 4. The summed E-state index contributed by atoms with van der Waals surface area (Å²) < 4.78 is 12.6. The fraction of sp³-hybridized carbons (Fsp3) is 0.424. The third-order valence-electron chi connectivity index (χ3n) is 8.46. The summed E-state index contributed by atoms with van der Waals surface area (Å²) in [6, 6.07) is 20.1. The van der Waals surface area contributed by atoms with Crippen molar-refractivity contribution in [1.82, 2.24) is 19.5 Å². The predicted molar refractivity (Wildman–Crippen MR) is 171 cm³/mol. The normalized spacial score (nSPS) is 24.6. The molecular weight excluding hydrogens is 606 g/mol. The molecule has 0 saturated carbocycles. The van der Waals surface area contributed by atoms with Gasteiger partial charge in [-0.3, -0.25) is 9.36 Å². The average Bonchev–Trinajstić information content (AvgIpc) is 3.72. The molecular formula is C33H39N7O7. The number of hydrogen-bond donors (Lipinski definition) is 5. The maximum atomic E-state index is 13.0. The Labute approximate surface area is 271 Å². The van der Waals surface area contributed by atoms with Crippen LogP contribution in [0, 0.1) is 5.92 Å². The molecule has 14 heteroatoms. The minimum atomic E-state index is -1.67. The van der Waals surface area contributed by atoms with Gasteiger partial charge >= 0.3 is 11.9 Å². The predicted octanol–water partition coefficient (Wildman–Crippen LogP) is 2.23. The van der Waals surface area contributed by atoms with Crippen LogP contribution in [-0.4, -0.2) is 89.9 Å². The monoisotopic (exact) mass is 645 g/mol. The van der Waals surface area contributed by atoms with E-state index in [1.807, 2.05) is 36.4 Å². The van der Waals surface area contributed by atoms with Crippen molar-refractivity contribution < 1.29 is 34.4 Å². The van der Waals surface area contributed by atoms with Gasteiger partial charge in [0.1, 0.15) is 17.8 Å². The van der Waals surface area contributed by atoms with Crippen molar-refractivity contribution in [3.63, 3.8) is 0 Å². The molecule has 2 aliphatic rings. The van der Waals surface area contributed by atoms with Crippen molar-refractivity contribution in [3.8, 4) is 0 Å². The molecule has 2 aromatic carbocycles. The SMILES string of the molecule is CC(C)(C)OC(=O)C1CCN(c2nc(NCC(c3ccccc3)c3ccccc3)c3ncn([C@@H]4O[C@H](C(=O)O)[C@@H](O)[C@H]4O)c3n2)[C@H]1N. The van der Waals surface area contributed by atoms with Gasteiger partial charge in [-0.25, -0.2) is 9.78 Å². The summed E-state index contributed by atoms with van der Waals surface area (Å²) in [6.45, 7) is 6.17. The van der Waals surface area contributed by atoms with E-state index in [0.717, 1.165) is 11.1 Å². The number of aliphatic hydroxyl groups excluding tert-OH is 2. The van der Waals surface area contributed by atoms with Crippen LogP contribution in [0.5, 0.6) is 0 Å². The average molecular weight is 646 g/mol. The highest BCUT2D eigenvalue weighted by atomic mass is 16.6. The lowest BCUT2D eigenvalue weighted by Crippen LogP contribution is -2.45. The Bertz CT molecular complexity index is 1690. The van der Waals surface area contributed by atoms with E-state index in [9.17, 15) is 24.9 Å². The summed E-state index contributed by atoms with van der Waals surface area (Å²) in [6.07, 6.45) is -5.21. The molecule has 14 nitrogen and oxygen atoms in total. The Morgan fingerprint density at radius 3 is 2.26 bits per heavy atom. The molecule has 0 aliphatic carbocycles. The van der Waals surface area contributed by atoms with Gasteiger partial charge in [-0.1, -0.05) is 60.7 Å². The van der Waals surface area contributed by atoms with E-state index in [1.165, 1.54) is 10.9 Å². The van der Waals surface area contributed by atoms with Gasteiger partial charge in [0.05, 0.1) is 18.4 Å². The number of carboxylic acids is 1. The molecule has 6 rings (SSSR count). The molecule has 2 saturated heterocycles. The Morgan fingerprint density at radius 1 is 1.04 bits per heavy atom. The Balaban J connectivity index is 1.39. The van der Waals surface area contributed by atoms with Crippen LogP contribution in [0.25, 0.3) is 11.2 Å². The molecule has 0 bridgehead atoms. The zero-order valence-electron chi connectivity index (χ0n) is 26.3. The number of nitrogens with zero attached hydrogens (tertiary/aromatic N) is 5. The van der Waals surface area contributed by atoms with Gasteiger partial charge in [0.2, 0.25) is 5.95 Å². The van der Waals surface area contributed by atoms with Gasteiger partial charge in [0.25, 0.3) is 0 Å². The number of carbonyl (C=O) groups is 2. The largest absolute Gasteiger partial charge is 0.479 e. The molecule has 4 heterocycles. The number of carboxylic acid groups (broad SMARTS) is 1. The number of anilines is 2. The van der Waals surface area contributed by atoms with Gasteiger partial charge in [0.15, 0.2) is 29.3 Å². The third-order valence-corrected chi connectivity index (χ3v) is 8.46. The zero-order valence-corrected chi connectivity index (χ0v) is 26.3. The van der Waals surface area contributed by atoms with E-state index in [1.54, 1.807) is 25.7 Å². The van der Waals surface area contributed by atoms with Crippen LogP contribution < -0.4 is 16.0 Å². The number of fused-ring (bicyclic) bond motifs is 1. The van der Waals surface area contributed by atoms with Crippen LogP contribution in [0.4, 0.5) is 11.8 Å². The number of esters is 1. The topological polar surface area (TPSA) is 198 Å². The molecule has 4 aromatic rings. The summed E-state index contributed by atoms with van der Waals surface area (Å²) in [5.74, 6) is -1.96. The standard InChI is InChI=1S/C33H39N7O7/c1-33(2,3)47-31(45)20-14-15-39(26(20)34)32-37-27(35-16-21(18-10-6-4-7-11-18)19-12-8-5-9-13-19)22-28(38-32)40(17-36-22)29-24(42)23(41)25(46-29)30(43)44/h4-13,17,20-21,23-26,29,41-42H,14-16,34H2,1-3H3,(H,43,44)(H,35,37,38)/t20?,23-,24+,25-,26+,29+/m0/s1. The molecule has 0 amide bonds. The molecule has 47 heavy (non-hydrogen) atoms. The van der Waals surface area contributed by atoms with Crippen LogP contribution in [0.1, 0.15) is 50.5 Å². The first-order chi connectivity index (χ1) is 22.4. The number of nitrogens with one attached hydrogen (secondary N) is 1. The van der Waals surface area contributed by atoms with Crippen LogP contribution >= 0.6 is 0 Å². The molecule has 2 fully saturated rings. The minimum absolute atomic E-state index is 0.0648. The summed E-state index contributed by atoms with van der Waals surface area (Å²) in [5.41, 5.74) is 8.63. The van der Waals surface area contributed by atoms with Crippen LogP contribution in [0.2, 0.25) is 0 Å². The summed E-state index contributed by atoms with van der Waals surface area (Å²) in [7, 11) is 0.